The predicted molar refractivity (Wildman–Crippen MR) is 61.7 cm³/mol. The minimum atomic E-state index is -0.739. The lowest BCUT2D eigenvalue weighted by Gasteiger charge is -2.22. The van der Waals surface area contributed by atoms with Gasteiger partial charge in [0.05, 0.1) is 11.0 Å². The van der Waals surface area contributed by atoms with E-state index in [0.29, 0.717) is 0 Å². The second-order valence-corrected chi connectivity index (χ2v) is 5.43. The van der Waals surface area contributed by atoms with Gasteiger partial charge in [-0.3, -0.25) is 9.59 Å². The molecule has 0 unspecified atom stereocenters. The largest absolute Gasteiger partial charge is 0.369 e. The molecule has 3 N–H and O–H groups in total. The van der Waals surface area contributed by atoms with E-state index in [1.54, 1.807) is 13.8 Å². The fourth-order valence-corrected chi connectivity index (χ4v) is 0.740. The van der Waals surface area contributed by atoms with Crippen molar-refractivity contribution in [3.63, 3.8) is 0 Å². The molecule has 0 saturated heterocycles. The van der Waals surface area contributed by atoms with Crippen molar-refractivity contribution in [3.05, 3.63) is 0 Å². The average molecular weight is 230 g/mol. The lowest BCUT2D eigenvalue weighted by atomic mass is 9.93. The summed E-state index contributed by atoms with van der Waals surface area (Å²) in [5.41, 5.74) is 4.09. The van der Waals surface area contributed by atoms with Gasteiger partial charge in [-0.05, 0) is 34.6 Å². The zero-order chi connectivity index (χ0) is 13.0. The number of nitrogens with two attached hydrogens (primary N) is 1. The molecular formula is C11H22N2O3. The Morgan fingerprint density at radius 2 is 1.69 bits per heavy atom. The summed E-state index contributed by atoms with van der Waals surface area (Å²) < 4.78 is 5.29. The van der Waals surface area contributed by atoms with Crippen LogP contribution in [-0.2, 0) is 14.3 Å². The molecule has 0 rings (SSSR count). The topological polar surface area (TPSA) is 81.4 Å². The normalized spacial score (nSPS) is 12.3. The van der Waals surface area contributed by atoms with Crippen molar-refractivity contribution in [2.24, 2.45) is 11.1 Å². The first-order chi connectivity index (χ1) is 7.04. The summed E-state index contributed by atoms with van der Waals surface area (Å²) in [5, 5.41) is 2.61. The monoisotopic (exact) mass is 230 g/mol. The number of nitrogens with one attached hydrogen (secondary N) is 1. The Bertz CT molecular complexity index is 267. The van der Waals surface area contributed by atoms with Crippen LogP contribution in [0.5, 0.6) is 0 Å². The molecule has 0 aliphatic carbocycles. The van der Waals surface area contributed by atoms with E-state index in [1.807, 2.05) is 20.8 Å². The maximum atomic E-state index is 11.4. The molecule has 0 aromatic rings. The van der Waals surface area contributed by atoms with Crippen LogP contribution < -0.4 is 11.1 Å². The van der Waals surface area contributed by atoms with Gasteiger partial charge in [-0.25, -0.2) is 0 Å². The molecule has 0 radical (unpaired) electrons. The van der Waals surface area contributed by atoms with E-state index in [9.17, 15) is 9.59 Å². The van der Waals surface area contributed by atoms with Crippen molar-refractivity contribution in [1.29, 1.82) is 0 Å². The molecule has 0 spiro atoms. The van der Waals surface area contributed by atoms with Crippen molar-refractivity contribution >= 4 is 11.8 Å². The predicted octanol–water partition coefficient (Wildman–Crippen LogP) is 0.429. The van der Waals surface area contributed by atoms with Crippen LogP contribution in [-0.4, -0.2) is 30.6 Å². The highest BCUT2D eigenvalue weighted by Gasteiger charge is 2.25. The Balaban J connectivity index is 3.96. The minimum absolute atomic E-state index is 0.0155. The molecule has 0 atom stereocenters. The number of hydrogen-bond acceptors (Lipinski definition) is 3. The molecule has 0 heterocycles. The van der Waals surface area contributed by atoms with Crippen LogP contribution in [0.2, 0.25) is 0 Å². The number of primary amides is 1. The second-order valence-electron chi connectivity index (χ2n) is 5.43. The van der Waals surface area contributed by atoms with Crippen LogP contribution in [0.3, 0.4) is 0 Å². The summed E-state index contributed by atoms with van der Waals surface area (Å²) in [7, 11) is 0. The van der Waals surface area contributed by atoms with E-state index < -0.39 is 11.3 Å². The summed E-state index contributed by atoms with van der Waals surface area (Å²) in [6, 6.07) is 0. The maximum absolute atomic E-state index is 11.4. The average Bonchev–Trinajstić information content (AvgIpc) is 2.10. The lowest BCUT2D eigenvalue weighted by molar-refractivity contribution is -0.132. The van der Waals surface area contributed by atoms with E-state index >= 15 is 0 Å². The van der Waals surface area contributed by atoms with Gasteiger partial charge in [-0.15, -0.1) is 0 Å². The zero-order valence-corrected chi connectivity index (χ0v) is 10.7. The Morgan fingerprint density at radius 3 is 2.06 bits per heavy atom. The Kier molecular flexibility index (Phi) is 4.93. The number of carbonyl (C=O) groups excluding carboxylic acids is 2. The minimum Gasteiger partial charge on any atom is -0.369 e. The zero-order valence-electron chi connectivity index (χ0n) is 10.7. The fraction of sp³-hybridized carbons (Fsp3) is 0.818. The van der Waals surface area contributed by atoms with E-state index in [4.69, 9.17) is 10.5 Å². The van der Waals surface area contributed by atoms with E-state index in [0.717, 1.165) is 0 Å². The standard InChI is InChI=1S/C11H22N2O3/c1-10(2,3)16-6-8(14)13-7-11(4,5)9(12)15/h6-7H2,1-5H3,(H2,12,15)(H,13,14). The Morgan fingerprint density at radius 1 is 1.19 bits per heavy atom. The summed E-state index contributed by atoms with van der Waals surface area (Å²) in [5.74, 6) is -0.686. The van der Waals surface area contributed by atoms with Crippen molar-refractivity contribution in [3.8, 4) is 0 Å². The molecule has 0 aliphatic heterocycles. The van der Waals surface area contributed by atoms with E-state index in [-0.39, 0.29) is 24.7 Å². The lowest BCUT2D eigenvalue weighted by Crippen LogP contribution is -2.43. The molecule has 94 valence electrons. The fourth-order valence-electron chi connectivity index (χ4n) is 0.740. The highest BCUT2D eigenvalue weighted by Crippen LogP contribution is 2.11. The smallest absolute Gasteiger partial charge is 0.246 e. The van der Waals surface area contributed by atoms with Crippen LogP contribution in [0.4, 0.5) is 0 Å². The first-order valence-corrected chi connectivity index (χ1v) is 5.25. The van der Waals surface area contributed by atoms with Gasteiger partial charge in [0.15, 0.2) is 0 Å². The van der Waals surface area contributed by atoms with E-state index in [2.05, 4.69) is 5.32 Å². The molecule has 0 aromatic carbocycles. The highest BCUT2D eigenvalue weighted by atomic mass is 16.5. The first kappa shape index (κ1) is 14.9. The van der Waals surface area contributed by atoms with Crippen LogP contribution in [0.15, 0.2) is 0 Å². The van der Waals surface area contributed by atoms with Crippen molar-refractivity contribution in [2.45, 2.75) is 40.2 Å². The quantitative estimate of drug-likeness (QED) is 0.718. The third-order valence-corrected chi connectivity index (χ3v) is 2.03. The molecule has 0 fully saturated rings. The number of hydrogen-bond donors (Lipinski definition) is 2. The number of ether oxygens (including phenoxy) is 1. The molecule has 2 amide bonds. The van der Waals surface area contributed by atoms with Gasteiger partial charge in [0.25, 0.3) is 0 Å². The summed E-state index contributed by atoms with van der Waals surface area (Å²) in [4.78, 5) is 22.4. The van der Waals surface area contributed by atoms with Crippen LogP contribution in [0.1, 0.15) is 34.6 Å². The summed E-state index contributed by atoms with van der Waals surface area (Å²) in [6.45, 7) is 9.17. The van der Waals surface area contributed by atoms with E-state index in [1.165, 1.54) is 0 Å². The SMILES string of the molecule is CC(C)(C)OCC(=O)NCC(C)(C)C(N)=O. The molecule has 0 aromatic heterocycles. The van der Waals surface area contributed by atoms with Crippen molar-refractivity contribution in [2.75, 3.05) is 13.2 Å². The van der Waals surface area contributed by atoms with Crippen LogP contribution in [0, 0.1) is 5.41 Å². The van der Waals surface area contributed by atoms with Gasteiger partial charge in [-0.1, -0.05) is 0 Å². The third-order valence-electron chi connectivity index (χ3n) is 2.03. The van der Waals surface area contributed by atoms with Gasteiger partial charge in [0.2, 0.25) is 11.8 Å². The van der Waals surface area contributed by atoms with Gasteiger partial charge in [-0.2, -0.15) is 0 Å². The molecule has 5 nitrogen and oxygen atoms in total. The first-order valence-electron chi connectivity index (χ1n) is 5.25. The molecule has 0 aliphatic rings. The summed E-state index contributed by atoms with van der Waals surface area (Å²) >= 11 is 0. The third kappa shape index (κ3) is 6.40. The van der Waals surface area contributed by atoms with Crippen LogP contribution >= 0.6 is 0 Å². The van der Waals surface area contributed by atoms with Crippen molar-refractivity contribution in [1.82, 2.24) is 5.32 Å². The van der Waals surface area contributed by atoms with Gasteiger partial charge in [0.1, 0.15) is 6.61 Å². The van der Waals surface area contributed by atoms with Gasteiger partial charge < -0.3 is 15.8 Å². The maximum Gasteiger partial charge on any atom is 0.246 e. The molecule has 5 heteroatoms. The van der Waals surface area contributed by atoms with Gasteiger partial charge >= 0.3 is 0 Å². The Hall–Kier alpha value is -1.10. The summed E-state index contributed by atoms with van der Waals surface area (Å²) in [6.07, 6.45) is 0. The van der Waals surface area contributed by atoms with Crippen molar-refractivity contribution < 1.29 is 14.3 Å². The highest BCUT2D eigenvalue weighted by molar-refractivity contribution is 5.82. The molecular weight excluding hydrogens is 208 g/mol. The number of rotatable bonds is 5. The molecule has 0 bridgehead atoms. The Labute approximate surface area is 96.7 Å². The molecule has 16 heavy (non-hydrogen) atoms. The number of carbonyl (C=O) groups is 2. The molecule has 0 saturated carbocycles. The van der Waals surface area contributed by atoms with Crippen LogP contribution in [0.25, 0.3) is 0 Å². The second kappa shape index (κ2) is 5.30. The van der Waals surface area contributed by atoms with Gasteiger partial charge in [0, 0.05) is 6.54 Å². The number of amides is 2.